The van der Waals surface area contributed by atoms with Gasteiger partial charge in [-0.05, 0) is 37.8 Å². The smallest absolute Gasteiger partial charge is 0.129 e. The highest BCUT2D eigenvalue weighted by Crippen LogP contribution is 2.27. The lowest BCUT2D eigenvalue weighted by molar-refractivity contribution is 0.446. The van der Waals surface area contributed by atoms with Crippen LogP contribution in [0.1, 0.15) is 52.1 Å². The summed E-state index contributed by atoms with van der Waals surface area (Å²) in [5.41, 5.74) is 0.957. The summed E-state index contributed by atoms with van der Waals surface area (Å²) in [4.78, 5) is 7.25. The molecular weight excluding hydrogens is 270 g/mol. The van der Waals surface area contributed by atoms with Crippen LogP contribution >= 0.6 is 11.6 Å². The van der Waals surface area contributed by atoms with Crippen molar-refractivity contribution in [2.24, 2.45) is 0 Å². The minimum atomic E-state index is 0.440. The largest absolute Gasteiger partial charge is 0.354 e. The summed E-state index contributed by atoms with van der Waals surface area (Å²) in [6.07, 6.45) is 5.06. The van der Waals surface area contributed by atoms with Crippen molar-refractivity contribution in [1.82, 2.24) is 10.3 Å². The van der Waals surface area contributed by atoms with Gasteiger partial charge in [0.25, 0.3) is 0 Å². The highest BCUT2D eigenvalue weighted by Gasteiger charge is 2.22. The molecule has 0 saturated carbocycles. The van der Waals surface area contributed by atoms with Gasteiger partial charge in [0.15, 0.2) is 0 Å². The molecule has 1 unspecified atom stereocenters. The number of piperidine rings is 1. The summed E-state index contributed by atoms with van der Waals surface area (Å²) in [5.74, 6) is 1.08. The SMILES string of the molecule is CCC1CCCCN1c1ccc(Cl)c(CNC(C)C)n1. The molecule has 4 heteroatoms. The molecule has 1 aliphatic rings. The molecule has 2 heterocycles. The summed E-state index contributed by atoms with van der Waals surface area (Å²) in [6.45, 7) is 8.38. The van der Waals surface area contributed by atoms with E-state index in [2.05, 4.69) is 37.1 Å². The molecule has 1 aliphatic heterocycles. The van der Waals surface area contributed by atoms with Crippen molar-refractivity contribution >= 4 is 17.4 Å². The fraction of sp³-hybridized carbons (Fsp3) is 0.688. The number of halogens is 1. The van der Waals surface area contributed by atoms with E-state index >= 15 is 0 Å². The van der Waals surface area contributed by atoms with Crippen molar-refractivity contribution in [2.75, 3.05) is 11.4 Å². The van der Waals surface area contributed by atoms with Crippen molar-refractivity contribution < 1.29 is 0 Å². The molecule has 0 amide bonds. The molecule has 0 aromatic carbocycles. The van der Waals surface area contributed by atoms with Crippen molar-refractivity contribution in [3.63, 3.8) is 0 Å². The van der Waals surface area contributed by atoms with Crippen LogP contribution in [0.2, 0.25) is 5.02 Å². The molecule has 1 aromatic rings. The van der Waals surface area contributed by atoms with E-state index in [0.29, 0.717) is 12.1 Å². The van der Waals surface area contributed by atoms with Gasteiger partial charge in [-0.25, -0.2) is 4.98 Å². The van der Waals surface area contributed by atoms with Gasteiger partial charge in [0.1, 0.15) is 5.82 Å². The van der Waals surface area contributed by atoms with Crippen LogP contribution < -0.4 is 10.2 Å². The molecule has 1 aromatic heterocycles. The predicted molar refractivity (Wildman–Crippen MR) is 86.5 cm³/mol. The Labute approximate surface area is 127 Å². The van der Waals surface area contributed by atoms with Crippen LogP contribution in [0.25, 0.3) is 0 Å². The maximum Gasteiger partial charge on any atom is 0.129 e. The zero-order valence-corrected chi connectivity index (χ0v) is 13.6. The number of hydrogen-bond donors (Lipinski definition) is 1. The molecule has 0 aliphatic carbocycles. The number of nitrogens with zero attached hydrogens (tertiary/aromatic N) is 2. The molecule has 112 valence electrons. The van der Waals surface area contributed by atoms with Crippen molar-refractivity contribution in [3.05, 3.63) is 22.8 Å². The topological polar surface area (TPSA) is 28.2 Å². The van der Waals surface area contributed by atoms with Gasteiger partial charge in [-0.15, -0.1) is 0 Å². The Morgan fingerprint density at radius 3 is 2.90 bits per heavy atom. The number of pyridine rings is 1. The van der Waals surface area contributed by atoms with Crippen LogP contribution in [0.5, 0.6) is 0 Å². The number of anilines is 1. The fourth-order valence-electron chi connectivity index (χ4n) is 2.78. The van der Waals surface area contributed by atoms with E-state index in [-0.39, 0.29) is 0 Å². The van der Waals surface area contributed by atoms with E-state index < -0.39 is 0 Å². The normalized spacial score (nSPS) is 19.6. The van der Waals surface area contributed by atoms with Crippen LogP contribution in [-0.4, -0.2) is 23.6 Å². The minimum Gasteiger partial charge on any atom is -0.354 e. The van der Waals surface area contributed by atoms with Gasteiger partial charge in [0.2, 0.25) is 0 Å². The van der Waals surface area contributed by atoms with E-state index in [1.165, 1.54) is 25.7 Å². The molecule has 0 radical (unpaired) electrons. The van der Waals surface area contributed by atoms with E-state index in [0.717, 1.165) is 29.6 Å². The number of nitrogens with one attached hydrogen (secondary N) is 1. The standard InChI is InChI=1S/C16H26ClN3/c1-4-13-7-5-6-10-20(13)16-9-8-14(17)15(19-16)11-18-12(2)3/h8-9,12-13,18H,4-7,10-11H2,1-3H3. The van der Waals surface area contributed by atoms with Crippen LogP contribution in [0.4, 0.5) is 5.82 Å². The maximum atomic E-state index is 6.27. The zero-order chi connectivity index (χ0) is 14.5. The molecule has 2 rings (SSSR count). The lowest BCUT2D eigenvalue weighted by Gasteiger charge is -2.36. The third-order valence-electron chi connectivity index (χ3n) is 3.97. The highest BCUT2D eigenvalue weighted by atomic mass is 35.5. The number of aromatic nitrogens is 1. The van der Waals surface area contributed by atoms with Crippen LogP contribution in [0.3, 0.4) is 0 Å². The van der Waals surface area contributed by atoms with E-state index in [1.54, 1.807) is 0 Å². The Morgan fingerprint density at radius 2 is 2.20 bits per heavy atom. The Morgan fingerprint density at radius 1 is 1.40 bits per heavy atom. The molecular formula is C16H26ClN3. The van der Waals surface area contributed by atoms with Crippen molar-refractivity contribution in [2.45, 2.75) is 65.1 Å². The van der Waals surface area contributed by atoms with Crippen molar-refractivity contribution in [3.8, 4) is 0 Å². The summed E-state index contributed by atoms with van der Waals surface area (Å²) in [5, 5.41) is 4.15. The minimum absolute atomic E-state index is 0.440. The Bertz CT molecular complexity index is 434. The molecule has 1 N–H and O–H groups in total. The van der Waals surface area contributed by atoms with Gasteiger partial charge in [-0.2, -0.15) is 0 Å². The first-order valence-electron chi connectivity index (χ1n) is 7.77. The summed E-state index contributed by atoms with van der Waals surface area (Å²) >= 11 is 6.27. The summed E-state index contributed by atoms with van der Waals surface area (Å²) in [7, 11) is 0. The molecule has 3 nitrogen and oxygen atoms in total. The molecule has 1 fully saturated rings. The summed E-state index contributed by atoms with van der Waals surface area (Å²) in [6, 6.07) is 5.12. The van der Waals surface area contributed by atoms with E-state index in [4.69, 9.17) is 16.6 Å². The Balaban J connectivity index is 2.16. The molecule has 20 heavy (non-hydrogen) atoms. The van der Waals surface area contributed by atoms with E-state index in [1.807, 2.05) is 6.07 Å². The fourth-order valence-corrected chi connectivity index (χ4v) is 2.96. The second kappa shape index (κ2) is 7.28. The maximum absolute atomic E-state index is 6.27. The third kappa shape index (κ3) is 3.86. The second-order valence-corrected chi connectivity index (χ2v) is 6.29. The van der Waals surface area contributed by atoms with Crippen molar-refractivity contribution in [1.29, 1.82) is 0 Å². The van der Waals surface area contributed by atoms with Crippen LogP contribution in [0.15, 0.2) is 12.1 Å². The lowest BCUT2D eigenvalue weighted by Crippen LogP contribution is -2.39. The molecule has 0 spiro atoms. The lowest BCUT2D eigenvalue weighted by atomic mass is 10.00. The number of rotatable bonds is 5. The zero-order valence-electron chi connectivity index (χ0n) is 12.8. The second-order valence-electron chi connectivity index (χ2n) is 5.88. The molecule has 1 saturated heterocycles. The first-order valence-corrected chi connectivity index (χ1v) is 8.15. The first-order chi connectivity index (χ1) is 9.61. The van der Waals surface area contributed by atoms with Gasteiger partial charge >= 0.3 is 0 Å². The Hall–Kier alpha value is -0.800. The number of hydrogen-bond acceptors (Lipinski definition) is 3. The van der Waals surface area contributed by atoms with E-state index in [9.17, 15) is 0 Å². The summed E-state index contributed by atoms with van der Waals surface area (Å²) < 4.78 is 0. The van der Waals surface area contributed by atoms with Gasteiger partial charge in [-0.3, -0.25) is 0 Å². The quantitative estimate of drug-likeness (QED) is 0.890. The highest BCUT2D eigenvalue weighted by molar-refractivity contribution is 6.31. The van der Waals surface area contributed by atoms with Gasteiger partial charge in [0, 0.05) is 25.2 Å². The average Bonchev–Trinajstić information content (AvgIpc) is 2.46. The molecule has 0 bridgehead atoms. The first kappa shape index (κ1) is 15.6. The van der Waals surface area contributed by atoms with Crippen LogP contribution in [0, 0.1) is 0 Å². The third-order valence-corrected chi connectivity index (χ3v) is 4.32. The Kier molecular flexibility index (Phi) is 5.67. The molecule has 1 atom stereocenters. The monoisotopic (exact) mass is 295 g/mol. The van der Waals surface area contributed by atoms with Crippen LogP contribution in [-0.2, 0) is 6.54 Å². The van der Waals surface area contributed by atoms with Gasteiger partial charge in [0.05, 0.1) is 10.7 Å². The average molecular weight is 296 g/mol. The van der Waals surface area contributed by atoms with Gasteiger partial charge in [-0.1, -0.05) is 32.4 Å². The predicted octanol–water partition coefficient (Wildman–Crippen LogP) is 4.00. The van der Waals surface area contributed by atoms with Gasteiger partial charge < -0.3 is 10.2 Å².